The summed E-state index contributed by atoms with van der Waals surface area (Å²) in [5.41, 5.74) is 3.26. The largest absolute Gasteiger partial charge is 0.287 e. The van der Waals surface area contributed by atoms with Gasteiger partial charge in [0, 0.05) is 11.8 Å². The second kappa shape index (κ2) is 4.23. The number of carbonyl (C=O) groups excluding carboxylic acids is 1. The lowest BCUT2D eigenvalue weighted by atomic mass is 9.99. The number of aryl methyl sites for hydroxylation is 1. The lowest BCUT2D eigenvalue weighted by Crippen LogP contribution is -2.06. The van der Waals surface area contributed by atoms with Gasteiger partial charge in [-0.3, -0.25) is 4.79 Å². The van der Waals surface area contributed by atoms with Gasteiger partial charge in [-0.2, -0.15) is 0 Å². The molecule has 3 heteroatoms. The first-order valence-corrected chi connectivity index (χ1v) is 5.07. The van der Waals surface area contributed by atoms with E-state index in [0.29, 0.717) is 11.3 Å². The highest BCUT2D eigenvalue weighted by molar-refractivity contribution is 6.08. The minimum Gasteiger partial charge on any atom is -0.287 e. The van der Waals surface area contributed by atoms with Crippen molar-refractivity contribution in [3.63, 3.8) is 0 Å². The zero-order valence-corrected chi connectivity index (χ0v) is 9.27. The fourth-order valence-electron chi connectivity index (χ4n) is 1.56. The number of ketones is 1. The highest BCUT2D eigenvalue weighted by atomic mass is 16.1. The van der Waals surface area contributed by atoms with E-state index in [1.807, 2.05) is 32.0 Å². The highest BCUT2D eigenvalue weighted by Crippen LogP contribution is 2.15. The molecule has 0 aliphatic carbocycles. The van der Waals surface area contributed by atoms with Gasteiger partial charge in [-0.05, 0) is 31.0 Å². The molecule has 0 saturated heterocycles. The van der Waals surface area contributed by atoms with Gasteiger partial charge in [0.25, 0.3) is 0 Å². The first-order chi connectivity index (χ1) is 7.70. The predicted molar refractivity (Wildman–Crippen MR) is 61.4 cm³/mol. The minimum atomic E-state index is -0.0522. The van der Waals surface area contributed by atoms with E-state index in [1.165, 1.54) is 6.33 Å². The van der Waals surface area contributed by atoms with Crippen LogP contribution in [-0.4, -0.2) is 15.8 Å². The summed E-state index contributed by atoms with van der Waals surface area (Å²) in [6.07, 6.45) is 2.96. The van der Waals surface area contributed by atoms with E-state index >= 15 is 0 Å². The highest BCUT2D eigenvalue weighted by Gasteiger charge is 2.13. The summed E-state index contributed by atoms with van der Waals surface area (Å²) in [6, 6.07) is 7.33. The Balaban J connectivity index is 2.46. The predicted octanol–water partition coefficient (Wildman–Crippen LogP) is 2.32. The maximum atomic E-state index is 12.1. The number of benzene rings is 1. The summed E-state index contributed by atoms with van der Waals surface area (Å²) in [6.45, 7) is 3.94. The van der Waals surface area contributed by atoms with Gasteiger partial charge >= 0.3 is 0 Å². The molecule has 2 aromatic rings. The molecule has 1 aromatic carbocycles. The van der Waals surface area contributed by atoms with Gasteiger partial charge in [-0.15, -0.1) is 0 Å². The van der Waals surface area contributed by atoms with Crippen molar-refractivity contribution in [3.8, 4) is 0 Å². The van der Waals surface area contributed by atoms with Crippen LogP contribution in [0.1, 0.15) is 27.2 Å². The van der Waals surface area contributed by atoms with Crippen molar-refractivity contribution in [2.75, 3.05) is 0 Å². The molecule has 0 fully saturated rings. The Bertz CT molecular complexity index is 521. The van der Waals surface area contributed by atoms with Crippen molar-refractivity contribution in [1.29, 1.82) is 0 Å². The Labute approximate surface area is 94.2 Å². The number of rotatable bonds is 2. The molecule has 0 saturated carbocycles. The van der Waals surface area contributed by atoms with Gasteiger partial charge in [-0.1, -0.05) is 18.2 Å². The molecule has 0 unspecified atom stereocenters. The maximum Gasteiger partial charge on any atom is 0.211 e. The van der Waals surface area contributed by atoms with Crippen LogP contribution < -0.4 is 0 Å². The summed E-state index contributed by atoms with van der Waals surface area (Å²) in [5.74, 6) is -0.0522. The molecule has 0 aliphatic heterocycles. The van der Waals surface area contributed by atoms with E-state index in [9.17, 15) is 4.79 Å². The van der Waals surface area contributed by atoms with Gasteiger partial charge in [0.1, 0.15) is 12.0 Å². The number of hydrogen-bond donors (Lipinski definition) is 0. The van der Waals surface area contributed by atoms with Crippen LogP contribution in [0.3, 0.4) is 0 Å². The fraction of sp³-hybridized carbons (Fsp3) is 0.154. The molecule has 0 atom stereocenters. The van der Waals surface area contributed by atoms with Crippen molar-refractivity contribution < 1.29 is 4.79 Å². The second-order valence-electron chi connectivity index (χ2n) is 3.67. The Morgan fingerprint density at radius 1 is 1.19 bits per heavy atom. The van der Waals surface area contributed by atoms with Crippen LogP contribution in [0.25, 0.3) is 0 Å². The Morgan fingerprint density at radius 2 is 2.00 bits per heavy atom. The molecule has 80 valence electrons. The topological polar surface area (TPSA) is 42.9 Å². The fourth-order valence-corrected chi connectivity index (χ4v) is 1.56. The first-order valence-electron chi connectivity index (χ1n) is 5.07. The van der Waals surface area contributed by atoms with Gasteiger partial charge < -0.3 is 0 Å². The van der Waals surface area contributed by atoms with Gasteiger partial charge in [-0.25, -0.2) is 9.97 Å². The van der Waals surface area contributed by atoms with E-state index in [4.69, 9.17) is 0 Å². The smallest absolute Gasteiger partial charge is 0.211 e. The molecule has 0 amide bonds. The normalized spacial score (nSPS) is 10.1. The first kappa shape index (κ1) is 10.5. The van der Waals surface area contributed by atoms with Crippen molar-refractivity contribution in [1.82, 2.24) is 9.97 Å². The van der Waals surface area contributed by atoms with E-state index in [2.05, 4.69) is 9.97 Å². The SMILES string of the molecule is Cc1cccc(C(=O)c2ccncn2)c1C. The third-order valence-corrected chi connectivity index (χ3v) is 2.66. The monoisotopic (exact) mass is 212 g/mol. The number of aromatic nitrogens is 2. The van der Waals surface area contributed by atoms with Crippen LogP contribution in [0.4, 0.5) is 0 Å². The summed E-state index contributed by atoms with van der Waals surface area (Å²) >= 11 is 0. The second-order valence-corrected chi connectivity index (χ2v) is 3.67. The average Bonchev–Trinajstić information content (AvgIpc) is 2.33. The Kier molecular flexibility index (Phi) is 2.77. The molecule has 1 heterocycles. The molecule has 0 aliphatic rings. The Morgan fingerprint density at radius 3 is 2.69 bits per heavy atom. The zero-order valence-electron chi connectivity index (χ0n) is 9.27. The average molecular weight is 212 g/mol. The van der Waals surface area contributed by atoms with E-state index in [-0.39, 0.29) is 5.78 Å². The van der Waals surface area contributed by atoms with Crippen LogP contribution in [0.15, 0.2) is 36.8 Å². The number of hydrogen-bond acceptors (Lipinski definition) is 3. The number of nitrogens with zero attached hydrogens (tertiary/aromatic N) is 2. The summed E-state index contributed by atoms with van der Waals surface area (Å²) in [7, 11) is 0. The molecular weight excluding hydrogens is 200 g/mol. The lowest BCUT2D eigenvalue weighted by molar-refractivity contribution is 0.103. The molecule has 2 rings (SSSR count). The summed E-state index contributed by atoms with van der Waals surface area (Å²) in [5, 5.41) is 0. The van der Waals surface area contributed by atoms with E-state index in [1.54, 1.807) is 12.3 Å². The van der Waals surface area contributed by atoms with Crippen LogP contribution in [0, 0.1) is 13.8 Å². The van der Waals surface area contributed by atoms with Crippen LogP contribution >= 0.6 is 0 Å². The minimum absolute atomic E-state index is 0.0522. The zero-order chi connectivity index (χ0) is 11.5. The maximum absolute atomic E-state index is 12.1. The standard InChI is InChI=1S/C13H12N2O/c1-9-4-3-5-11(10(9)2)13(16)12-6-7-14-8-15-12/h3-8H,1-2H3. The summed E-state index contributed by atoms with van der Waals surface area (Å²) in [4.78, 5) is 19.9. The molecule has 3 nitrogen and oxygen atoms in total. The van der Waals surface area contributed by atoms with Gasteiger partial charge in [0.15, 0.2) is 0 Å². The van der Waals surface area contributed by atoms with E-state index in [0.717, 1.165) is 11.1 Å². The molecule has 0 bridgehead atoms. The van der Waals surface area contributed by atoms with Gasteiger partial charge in [0.2, 0.25) is 5.78 Å². The molecule has 0 radical (unpaired) electrons. The number of carbonyl (C=O) groups is 1. The van der Waals surface area contributed by atoms with Crippen molar-refractivity contribution in [3.05, 3.63) is 59.2 Å². The van der Waals surface area contributed by atoms with E-state index < -0.39 is 0 Å². The van der Waals surface area contributed by atoms with Crippen LogP contribution in [0.2, 0.25) is 0 Å². The van der Waals surface area contributed by atoms with Crippen molar-refractivity contribution in [2.24, 2.45) is 0 Å². The molecule has 16 heavy (non-hydrogen) atoms. The molecule has 0 N–H and O–H groups in total. The quantitative estimate of drug-likeness (QED) is 0.717. The lowest BCUT2D eigenvalue weighted by Gasteiger charge is -2.06. The molecular formula is C13H12N2O. The molecule has 0 spiro atoms. The van der Waals surface area contributed by atoms with Crippen LogP contribution in [0.5, 0.6) is 0 Å². The third-order valence-electron chi connectivity index (χ3n) is 2.66. The van der Waals surface area contributed by atoms with Crippen LogP contribution in [-0.2, 0) is 0 Å². The van der Waals surface area contributed by atoms with Crippen molar-refractivity contribution >= 4 is 5.78 Å². The van der Waals surface area contributed by atoms with Gasteiger partial charge in [0.05, 0.1) is 0 Å². The van der Waals surface area contributed by atoms with Crippen molar-refractivity contribution in [2.45, 2.75) is 13.8 Å². The third kappa shape index (κ3) is 1.84. The Hall–Kier alpha value is -2.03. The molecule has 1 aromatic heterocycles. The summed E-state index contributed by atoms with van der Waals surface area (Å²) < 4.78 is 0.